The molecule has 3 amide bonds. The number of hydrogen-bond acceptors (Lipinski definition) is 6. The van der Waals surface area contributed by atoms with Gasteiger partial charge in [-0.2, -0.15) is 4.31 Å². The van der Waals surface area contributed by atoms with E-state index in [-0.39, 0.29) is 23.0 Å². The Morgan fingerprint density at radius 1 is 0.972 bits per heavy atom. The van der Waals surface area contributed by atoms with Crippen molar-refractivity contribution in [3.8, 4) is 11.5 Å². The van der Waals surface area contributed by atoms with E-state index in [1.54, 1.807) is 62.4 Å². The van der Waals surface area contributed by atoms with Gasteiger partial charge in [-0.15, -0.1) is 0 Å². The minimum absolute atomic E-state index is 0.122. The summed E-state index contributed by atoms with van der Waals surface area (Å²) < 4.78 is 32.6. The average Bonchev–Trinajstić information content (AvgIpc) is 2.88. The minimum atomic E-state index is -3.62. The smallest absolute Gasteiger partial charge is 0.319 e. The van der Waals surface area contributed by atoms with Crippen LogP contribution in [-0.4, -0.2) is 49.8 Å². The maximum Gasteiger partial charge on any atom is 0.319 e. The lowest BCUT2D eigenvalue weighted by atomic mass is 10.2. The summed E-state index contributed by atoms with van der Waals surface area (Å²) in [5.41, 5.74) is 1.45. The van der Waals surface area contributed by atoms with Crippen LogP contribution in [-0.2, 0) is 16.6 Å². The Balaban J connectivity index is 1.56. The summed E-state index contributed by atoms with van der Waals surface area (Å²) in [6.07, 6.45) is 1.49. The predicted octanol–water partition coefficient (Wildman–Crippen LogP) is 3.59. The van der Waals surface area contributed by atoms with Crippen LogP contribution in [0, 0.1) is 0 Å². The molecule has 0 bridgehead atoms. The van der Waals surface area contributed by atoms with E-state index in [1.807, 2.05) is 0 Å². The number of carbonyl (C=O) groups excluding carboxylic acids is 2. The largest absolute Gasteiger partial charge is 0.457 e. The first-order valence-corrected chi connectivity index (χ1v) is 12.8. The van der Waals surface area contributed by atoms with Crippen molar-refractivity contribution in [3.05, 3.63) is 78.1 Å². The lowest BCUT2D eigenvalue weighted by Gasteiger charge is -2.19. The third-order valence-corrected chi connectivity index (χ3v) is 7.28. The number of benzene rings is 2. The number of rotatable bonds is 10. The topological polar surface area (TPSA) is 130 Å². The van der Waals surface area contributed by atoms with E-state index in [9.17, 15) is 18.0 Å². The van der Waals surface area contributed by atoms with Gasteiger partial charge < -0.3 is 20.7 Å². The molecule has 0 aliphatic rings. The van der Waals surface area contributed by atoms with Crippen molar-refractivity contribution in [3.63, 3.8) is 0 Å². The molecule has 0 saturated carbocycles. The van der Waals surface area contributed by atoms with E-state index < -0.39 is 16.1 Å². The highest BCUT2D eigenvalue weighted by atomic mass is 32.2. The molecule has 1 aromatic heterocycles. The number of urea groups is 1. The second-order valence-corrected chi connectivity index (χ2v) is 9.56. The highest BCUT2D eigenvalue weighted by molar-refractivity contribution is 7.89. The van der Waals surface area contributed by atoms with Gasteiger partial charge >= 0.3 is 6.03 Å². The van der Waals surface area contributed by atoms with E-state index in [1.165, 1.54) is 29.7 Å². The number of pyridine rings is 1. The van der Waals surface area contributed by atoms with Gasteiger partial charge in [-0.25, -0.2) is 13.2 Å². The predicted molar refractivity (Wildman–Crippen MR) is 137 cm³/mol. The van der Waals surface area contributed by atoms with Gasteiger partial charge in [0.05, 0.1) is 4.90 Å². The van der Waals surface area contributed by atoms with Crippen LogP contribution in [0.4, 0.5) is 10.5 Å². The zero-order valence-electron chi connectivity index (χ0n) is 20.3. The van der Waals surface area contributed by atoms with Crippen LogP contribution >= 0.6 is 0 Å². The summed E-state index contributed by atoms with van der Waals surface area (Å²) >= 11 is 0. The van der Waals surface area contributed by atoms with Crippen molar-refractivity contribution < 1.29 is 22.7 Å². The molecule has 2 aromatic carbocycles. The van der Waals surface area contributed by atoms with Crippen molar-refractivity contribution in [2.24, 2.45) is 0 Å². The molecule has 11 heteroatoms. The summed E-state index contributed by atoms with van der Waals surface area (Å²) in [4.78, 5) is 28.2. The molecule has 190 valence electrons. The van der Waals surface area contributed by atoms with E-state index in [2.05, 4.69) is 20.9 Å². The molecule has 0 aliphatic heterocycles. The zero-order valence-corrected chi connectivity index (χ0v) is 21.1. The molecule has 3 N–H and O–H groups in total. The molecular weight excluding hydrogens is 482 g/mol. The van der Waals surface area contributed by atoms with E-state index in [0.717, 1.165) is 5.56 Å². The SMILES string of the molecule is CCN(CC)S(=O)(=O)c1cccc(NC(=O)NCc2ccc(Oc3ccnc(C(=O)NC)c3)cc2)c1. The molecule has 0 unspecified atom stereocenters. The Morgan fingerprint density at radius 3 is 2.36 bits per heavy atom. The van der Waals surface area contributed by atoms with Crippen molar-refractivity contribution in [2.75, 3.05) is 25.5 Å². The van der Waals surface area contributed by atoms with Gasteiger partial charge in [0.25, 0.3) is 5.91 Å². The first kappa shape index (κ1) is 26.6. The van der Waals surface area contributed by atoms with Gasteiger partial charge in [-0.3, -0.25) is 9.78 Å². The van der Waals surface area contributed by atoms with Gasteiger partial charge in [0.2, 0.25) is 10.0 Å². The Morgan fingerprint density at radius 2 is 1.69 bits per heavy atom. The lowest BCUT2D eigenvalue weighted by molar-refractivity contribution is 0.0957. The molecule has 3 aromatic rings. The van der Waals surface area contributed by atoms with Crippen LogP contribution in [0.15, 0.2) is 71.8 Å². The molecular formula is C25H29N5O5S. The normalized spacial score (nSPS) is 11.1. The van der Waals surface area contributed by atoms with Gasteiger partial charge in [-0.1, -0.05) is 32.0 Å². The van der Waals surface area contributed by atoms with Gasteiger partial charge in [0.15, 0.2) is 0 Å². The van der Waals surface area contributed by atoms with Gasteiger partial charge in [0, 0.05) is 44.6 Å². The second kappa shape index (κ2) is 12.1. The Labute approximate surface area is 210 Å². The van der Waals surface area contributed by atoms with E-state index in [0.29, 0.717) is 30.3 Å². The van der Waals surface area contributed by atoms with Crippen LogP contribution in [0.3, 0.4) is 0 Å². The maximum absolute atomic E-state index is 12.7. The Bertz CT molecular complexity index is 1310. The highest BCUT2D eigenvalue weighted by Crippen LogP contribution is 2.22. The van der Waals surface area contributed by atoms with Crippen LogP contribution in [0.5, 0.6) is 11.5 Å². The first-order chi connectivity index (χ1) is 17.3. The van der Waals surface area contributed by atoms with Crippen molar-refractivity contribution in [1.82, 2.24) is 19.9 Å². The number of sulfonamides is 1. The monoisotopic (exact) mass is 511 g/mol. The third kappa shape index (κ3) is 6.80. The fourth-order valence-electron chi connectivity index (χ4n) is 3.34. The van der Waals surface area contributed by atoms with Crippen LogP contribution in [0.25, 0.3) is 0 Å². The highest BCUT2D eigenvalue weighted by Gasteiger charge is 2.21. The molecule has 0 saturated heterocycles. The quantitative estimate of drug-likeness (QED) is 0.381. The lowest BCUT2D eigenvalue weighted by Crippen LogP contribution is -2.31. The van der Waals surface area contributed by atoms with Crippen molar-refractivity contribution in [1.29, 1.82) is 0 Å². The van der Waals surface area contributed by atoms with Crippen LogP contribution in [0.2, 0.25) is 0 Å². The van der Waals surface area contributed by atoms with Crippen molar-refractivity contribution in [2.45, 2.75) is 25.3 Å². The molecule has 10 nitrogen and oxygen atoms in total. The molecule has 3 rings (SSSR count). The van der Waals surface area contributed by atoms with E-state index >= 15 is 0 Å². The number of anilines is 1. The average molecular weight is 512 g/mol. The van der Waals surface area contributed by atoms with Crippen molar-refractivity contribution >= 4 is 27.6 Å². The summed E-state index contributed by atoms with van der Waals surface area (Å²) in [5.74, 6) is 0.722. The van der Waals surface area contributed by atoms with Crippen LogP contribution in [0.1, 0.15) is 29.9 Å². The molecule has 0 radical (unpaired) electrons. The summed E-state index contributed by atoms with van der Waals surface area (Å²) in [6, 6.07) is 16.0. The summed E-state index contributed by atoms with van der Waals surface area (Å²) in [7, 11) is -2.10. The standard InChI is InChI=1S/C25H29N5O5S/c1-4-30(5-2)36(33,34)22-8-6-7-19(15-22)29-25(32)28-17-18-9-11-20(12-10-18)35-21-13-14-27-23(16-21)24(31)26-3/h6-16H,4-5,17H2,1-3H3,(H,26,31)(H2,28,29,32). The molecule has 36 heavy (non-hydrogen) atoms. The Kier molecular flexibility index (Phi) is 8.98. The summed E-state index contributed by atoms with van der Waals surface area (Å²) in [5, 5.41) is 7.92. The van der Waals surface area contributed by atoms with E-state index in [4.69, 9.17) is 4.74 Å². The Hall–Kier alpha value is -3.96. The molecule has 0 fully saturated rings. The van der Waals surface area contributed by atoms with Gasteiger partial charge in [-0.05, 0) is 42.0 Å². The number of nitrogens with one attached hydrogen (secondary N) is 3. The molecule has 1 heterocycles. The fourth-order valence-corrected chi connectivity index (χ4v) is 4.85. The zero-order chi connectivity index (χ0) is 26.1. The number of nitrogens with zero attached hydrogens (tertiary/aromatic N) is 2. The number of aromatic nitrogens is 1. The number of ether oxygens (including phenoxy) is 1. The summed E-state index contributed by atoms with van der Waals surface area (Å²) in [6.45, 7) is 4.52. The maximum atomic E-state index is 12.7. The van der Waals surface area contributed by atoms with Crippen LogP contribution < -0.4 is 20.7 Å². The third-order valence-electron chi connectivity index (χ3n) is 5.24. The molecule has 0 aliphatic carbocycles. The second-order valence-electron chi connectivity index (χ2n) is 7.63. The van der Waals surface area contributed by atoms with Gasteiger partial charge in [0.1, 0.15) is 17.2 Å². The first-order valence-electron chi connectivity index (χ1n) is 11.4. The molecule has 0 atom stereocenters. The molecule has 0 spiro atoms. The fraction of sp³-hybridized carbons (Fsp3) is 0.240. The number of amides is 3. The number of carbonyl (C=O) groups is 2. The minimum Gasteiger partial charge on any atom is -0.457 e. The number of hydrogen-bond donors (Lipinski definition) is 3.